The zero-order valence-corrected chi connectivity index (χ0v) is 12.9. The highest BCUT2D eigenvalue weighted by Crippen LogP contribution is 2.28. The van der Waals surface area contributed by atoms with Crippen LogP contribution in [0.4, 0.5) is 0 Å². The summed E-state index contributed by atoms with van der Waals surface area (Å²) in [7, 11) is 0. The lowest BCUT2D eigenvalue weighted by atomic mass is 10.0. The van der Waals surface area contributed by atoms with Gasteiger partial charge in [-0.2, -0.15) is 4.98 Å². The van der Waals surface area contributed by atoms with Crippen molar-refractivity contribution in [2.24, 2.45) is 4.99 Å². The van der Waals surface area contributed by atoms with Crippen LogP contribution in [0.3, 0.4) is 0 Å². The van der Waals surface area contributed by atoms with Crippen LogP contribution in [0.25, 0.3) is 27.9 Å². The van der Waals surface area contributed by atoms with Gasteiger partial charge < -0.3 is 4.52 Å². The fourth-order valence-corrected chi connectivity index (χ4v) is 2.38. The van der Waals surface area contributed by atoms with Gasteiger partial charge in [0.15, 0.2) is 0 Å². The smallest absolute Gasteiger partial charge is 0.258 e. The summed E-state index contributed by atoms with van der Waals surface area (Å²) >= 11 is 0. The number of hydrogen-bond donors (Lipinski definition) is 0. The first-order valence-corrected chi connectivity index (χ1v) is 7.51. The van der Waals surface area contributed by atoms with Crippen LogP contribution < -0.4 is 0 Å². The number of fused-ring (bicyclic) bond motifs is 1. The summed E-state index contributed by atoms with van der Waals surface area (Å²) in [5.74, 6) is 0.973. The molecule has 2 aromatic carbocycles. The topological polar surface area (TPSA) is 51.3 Å². The molecule has 0 aliphatic rings. The van der Waals surface area contributed by atoms with Crippen molar-refractivity contribution in [3.63, 3.8) is 0 Å². The number of aromatic nitrogens is 2. The molecule has 0 saturated carbocycles. The SMILES string of the molecule is C=CC=N/C(=C\CC)c1noc(-c2cccc3ccccc23)n1. The maximum Gasteiger partial charge on any atom is 0.258 e. The average Bonchev–Trinajstić information content (AvgIpc) is 3.08. The third kappa shape index (κ3) is 3.11. The Labute approximate surface area is 134 Å². The lowest BCUT2D eigenvalue weighted by Gasteiger charge is -2.01. The van der Waals surface area contributed by atoms with E-state index in [0.29, 0.717) is 17.4 Å². The second-order valence-corrected chi connectivity index (χ2v) is 4.96. The monoisotopic (exact) mass is 303 g/mol. The minimum Gasteiger partial charge on any atom is -0.334 e. The second-order valence-electron chi connectivity index (χ2n) is 4.96. The molecule has 0 radical (unpaired) electrons. The van der Waals surface area contributed by atoms with Crippen LogP contribution in [-0.4, -0.2) is 16.4 Å². The molecule has 0 fully saturated rings. The van der Waals surface area contributed by atoms with E-state index in [1.165, 1.54) is 0 Å². The van der Waals surface area contributed by atoms with Gasteiger partial charge in [-0.1, -0.05) is 67.2 Å². The number of benzene rings is 2. The van der Waals surface area contributed by atoms with Crippen LogP contribution in [0.2, 0.25) is 0 Å². The molecular formula is C19H17N3O. The molecule has 0 bridgehead atoms. The molecule has 0 atom stereocenters. The van der Waals surface area contributed by atoms with Crippen LogP contribution in [0, 0.1) is 0 Å². The van der Waals surface area contributed by atoms with E-state index in [2.05, 4.69) is 33.8 Å². The molecule has 0 aliphatic carbocycles. The first kappa shape index (κ1) is 14.9. The summed E-state index contributed by atoms with van der Waals surface area (Å²) in [6.45, 7) is 5.67. The predicted octanol–water partition coefficient (Wildman–Crippen LogP) is 4.90. The molecule has 0 spiro atoms. The minimum absolute atomic E-state index is 0.480. The van der Waals surface area contributed by atoms with Crippen LogP contribution in [0.5, 0.6) is 0 Å². The van der Waals surface area contributed by atoms with E-state index in [9.17, 15) is 0 Å². The van der Waals surface area contributed by atoms with Crippen LogP contribution in [-0.2, 0) is 0 Å². The standard InChI is InChI=1S/C19H17N3O/c1-3-8-17(20-13-4-2)18-21-19(23-22-18)16-12-7-10-14-9-5-6-11-15(14)16/h4-13H,2-3H2,1H3/b17-8-,20-13?. The predicted molar refractivity (Wildman–Crippen MR) is 94.2 cm³/mol. The van der Waals surface area contributed by atoms with E-state index < -0.39 is 0 Å². The Kier molecular flexibility index (Phi) is 4.43. The molecule has 1 heterocycles. The lowest BCUT2D eigenvalue weighted by Crippen LogP contribution is -1.86. The maximum absolute atomic E-state index is 5.46. The summed E-state index contributed by atoms with van der Waals surface area (Å²) in [6.07, 6.45) is 6.03. The van der Waals surface area contributed by atoms with Crippen molar-refractivity contribution >= 4 is 22.7 Å². The van der Waals surface area contributed by atoms with E-state index in [0.717, 1.165) is 22.8 Å². The molecule has 4 nitrogen and oxygen atoms in total. The zero-order valence-electron chi connectivity index (χ0n) is 12.9. The Balaban J connectivity index is 2.05. The summed E-state index contributed by atoms with van der Waals surface area (Å²) in [5, 5.41) is 6.29. The number of allylic oxidation sites excluding steroid dienone is 2. The van der Waals surface area contributed by atoms with Gasteiger partial charge in [0.2, 0.25) is 5.82 Å². The highest BCUT2D eigenvalue weighted by molar-refractivity contribution is 5.94. The largest absolute Gasteiger partial charge is 0.334 e. The van der Waals surface area contributed by atoms with Crippen molar-refractivity contribution in [3.8, 4) is 11.5 Å². The Morgan fingerprint density at radius 1 is 1.22 bits per heavy atom. The van der Waals surface area contributed by atoms with Crippen molar-refractivity contribution in [1.82, 2.24) is 10.1 Å². The van der Waals surface area contributed by atoms with E-state index in [1.54, 1.807) is 12.3 Å². The Hall–Kier alpha value is -3.01. The summed E-state index contributed by atoms with van der Waals surface area (Å²) in [6, 6.07) is 14.2. The van der Waals surface area contributed by atoms with Crippen LogP contribution in [0.15, 0.2) is 70.7 Å². The molecule has 1 aromatic heterocycles. The normalized spacial score (nSPS) is 12.1. The van der Waals surface area contributed by atoms with E-state index in [1.807, 2.05) is 43.3 Å². The summed E-state index contributed by atoms with van der Waals surface area (Å²) in [4.78, 5) is 8.81. The van der Waals surface area contributed by atoms with Gasteiger partial charge in [0.1, 0.15) is 5.70 Å². The third-order valence-electron chi connectivity index (χ3n) is 3.39. The number of hydrogen-bond acceptors (Lipinski definition) is 4. The van der Waals surface area contributed by atoms with Crippen LogP contribution >= 0.6 is 0 Å². The highest BCUT2D eigenvalue weighted by atomic mass is 16.5. The Bertz CT molecular complexity index is 885. The fourth-order valence-electron chi connectivity index (χ4n) is 2.38. The molecule has 0 saturated heterocycles. The Morgan fingerprint density at radius 3 is 2.87 bits per heavy atom. The van der Waals surface area contributed by atoms with Gasteiger partial charge in [-0.15, -0.1) is 0 Å². The van der Waals surface area contributed by atoms with E-state index in [4.69, 9.17) is 4.52 Å². The van der Waals surface area contributed by atoms with E-state index >= 15 is 0 Å². The molecule has 0 N–H and O–H groups in total. The molecule has 0 amide bonds. The van der Waals surface area contributed by atoms with Gasteiger partial charge in [-0.05, 0) is 23.3 Å². The first-order chi connectivity index (χ1) is 11.3. The molecule has 0 aliphatic heterocycles. The first-order valence-electron chi connectivity index (χ1n) is 7.51. The summed E-state index contributed by atoms with van der Waals surface area (Å²) < 4.78 is 5.46. The maximum atomic E-state index is 5.46. The zero-order chi connectivity index (χ0) is 16.1. The van der Waals surface area contributed by atoms with Crippen molar-refractivity contribution < 1.29 is 4.52 Å². The van der Waals surface area contributed by atoms with E-state index in [-0.39, 0.29) is 0 Å². The van der Waals surface area contributed by atoms with Gasteiger partial charge in [-0.3, -0.25) is 4.99 Å². The minimum atomic E-state index is 0.480. The molecule has 23 heavy (non-hydrogen) atoms. The Morgan fingerprint density at radius 2 is 2.04 bits per heavy atom. The van der Waals surface area contributed by atoms with Crippen LogP contribution in [0.1, 0.15) is 19.2 Å². The van der Waals surface area contributed by atoms with Gasteiger partial charge in [0, 0.05) is 11.8 Å². The van der Waals surface area contributed by atoms with Gasteiger partial charge >= 0.3 is 0 Å². The van der Waals surface area contributed by atoms with Gasteiger partial charge in [0.05, 0.1) is 0 Å². The van der Waals surface area contributed by atoms with Crippen molar-refractivity contribution in [1.29, 1.82) is 0 Å². The number of nitrogens with zero attached hydrogens (tertiary/aromatic N) is 3. The molecule has 4 heteroatoms. The number of aliphatic imine (C=N–C) groups is 1. The lowest BCUT2D eigenvalue weighted by molar-refractivity contribution is 0.428. The molecule has 114 valence electrons. The molecule has 3 rings (SSSR count). The highest BCUT2D eigenvalue weighted by Gasteiger charge is 2.13. The summed E-state index contributed by atoms with van der Waals surface area (Å²) in [5.41, 5.74) is 1.60. The van der Waals surface area contributed by atoms with Gasteiger partial charge in [0.25, 0.3) is 5.89 Å². The second kappa shape index (κ2) is 6.83. The van der Waals surface area contributed by atoms with Crippen molar-refractivity contribution in [2.45, 2.75) is 13.3 Å². The molecule has 3 aromatic rings. The molecule has 0 unspecified atom stereocenters. The van der Waals surface area contributed by atoms with Crippen molar-refractivity contribution in [2.75, 3.05) is 0 Å². The van der Waals surface area contributed by atoms with Crippen molar-refractivity contribution in [3.05, 3.63) is 67.0 Å². The molecular weight excluding hydrogens is 286 g/mol. The average molecular weight is 303 g/mol. The quantitative estimate of drug-likeness (QED) is 0.630. The van der Waals surface area contributed by atoms with Gasteiger partial charge in [-0.25, -0.2) is 0 Å². The third-order valence-corrected chi connectivity index (χ3v) is 3.39. The number of rotatable bonds is 5. The fraction of sp³-hybridized carbons (Fsp3) is 0.105.